The minimum Gasteiger partial charge on any atom is -0.314 e. The van der Waals surface area contributed by atoms with E-state index in [1.807, 2.05) is 0 Å². The largest absolute Gasteiger partial charge is 0.314 e. The van der Waals surface area contributed by atoms with Crippen LogP contribution in [-0.2, 0) is 0 Å². The number of hydrogen-bond acceptors (Lipinski definition) is 1. The van der Waals surface area contributed by atoms with Crippen molar-refractivity contribution in [2.75, 3.05) is 6.54 Å². The fourth-order valence-electron chi connectivity index (χ4n) is 3.42. The number of nitrogens with one attached hydrogen (secondary N) is 1. The molecule has 96 valence electrons. The molecule has 0 radical (unpaired) electrons. The molecular weight excluding hydrogens is 194 g/mol. The molecule has 0 heterocycles. The normalized spacial score (nSPS) is 24.8. The zero-order valence-electron chi connectivity index (χ0n) is 12.4. The molecule has 1 aliphatic rings. The molecule has 1 N–H and O–H groups in total. The van der Waals surface area contributed by atoms with Crippen LogP contribution in [0.2, 0.25) is 0 Å². The molecule has 1 saturated carbocycles. The molecule has 1 fully saturated rings. The van der Waals surface area contributed by atoms with Crippen LogP contribution in [0.25, 0.3) is 0 Å². The van der Waals surface area contributed by atoms with Crippen LogP contribution < -0.4 is 5.32 Å². The van der Waals surface area contributed by atoms with Crippen molar-refractivity contribution in [2.24, 2.45) is 22.7 Å². The van der Waals surface area contributed by atoms with Crippen LogP contribution in [0, 0.1) is 22.7 Å². The van der Waals surface area contributed by atoms with Gasteiger partial charge in [0.2, 0.25) is 0 Å². The molecule has 1 unspecified atom stereocenters. The average molecular weight is 225 g/mol. The van der Waals surface area contributed by atoms with Gasteiger partial charge in [-0.05, 0) is 42.1 Å². The molecule has 1 rings (SSSR count). The first-order valence-corrected chi connectivity index (χ1v) is 6.98. The maximum Gasteiger partial charge on any atom is 0.0106 e. The molecule has 0 saturated heterocycles. The molecule has 0 aromatic rings. The first kappa shape index (κ1) is 14.0. The smallest absolute Gasteiger partial charge is 0.0106 e. The summed E-state index contributed by atoms with van der Waals surface area (Å²) >= 11 is 0. The molecule has 0 aromatic carbocycles. The van der Waals surface area contributed by atoms with E-state index in [4.69, 9.17) is 0 Å². The van der Waals surface area contributed by atoms with E-state index in [1.165, 1.54) is 12.8 Å². The van der Waals surface area contributed by atoms with Gasteiger partial charge in [-0.15, -0.1) is 0 Å². The standard InChI is InChI=1S/C15H31N/c1-8-16-12(10-9-11(2)3)13-14(4,5)15(13,6)7/h11-13,16H,8-10H2,1-7H3. The van der Waals surface area contributed by atoms with Crippen molar-refractivity contribution in [2.45, 2.75) is 67.3 Å². The van der Waals surface area contributed by atoms with Gasteiger partial charge >= 0.3 is 0 Å². The van der Waals surface area contributed by atoms with Crippen LogP contribution in [0.5, 0.6) is 0 Å². The van der Waals surface area contributed by atoms with Gasteiger partial charge < -0.3 is 5.32 Å². The lowest BCUT2D eigenvalue weighted by Crippen LogP contribution is -2.33. The van der Waals surface area contributed by atoms with Crippen LogP contribution in [-0.4, -0.2) is 12.6 Å². The fraction of sp³-hybridized carbons (Fsp3) is 1.00. The van der Waals surface area contributed by atoms with E-state index in [1.54, 1.807) is 0 Å². The highest BCUT2D eigenvalue weighted by molar-refractivity contribution is 5.16. The summed E-state index contributed by atoms with van der Waals surface area (Å²) in [5.74, 6) is 1.67. The summed E-state index contributed by atoms with van der Waals surface area (Å²) in [4.78, 5) is 0. The Hall–Kier alpha value is -0.0400. The Morgan fingerprint density at radius 3 is 1.81 bits per heavy atom. The monoisotopic (exact) mass is 225 g/mol. The van der Waals surface area contributed by atoms with Crippen LogP contribution in [0.3, 0.4) is 0 Å². The molecule has 1 aliphatic carbocycles. The van der Waals surface area contributed by atoms with E-state index in [-0.39, 0.29) is 0 Å². The maximum absolute atomic E-state index is 3.71. The summed E-state index contributed by atoms with van der Waals surface area (Å²) in [7, 11) is 0. The van der Waals surface area contributed by atoms with Crippen molar-refractivity contribution in [3.63, 3.8) is 0 Å². The molecule has 1 heteroatoms. The summed E-state index contributed by atoms with van der Waals surface area (Å²) in [6.45, 7) is 17.7. The van der Waals surface area contributed by atoms with Crippen molar-refractivity contribution in [1.82, 2.24) is 5.32 Å². The Morgan fingerprint density at radius 2 is 1.50 bits per heavy atom. The Labute approximate surface area is 102 Å². The van der Waals surface area contributed by atoms with E-state index >= 15 is 0 Å². The summed E-state index contributed by atoms with van der Waals surface area (Å²) in [6, 6.07) is 0.720. The van der Waals surface area contributed by atoms with Crippen molar-refractivity contribution in [3.05, 3.63) is 0 Å². The minimum atomic E-state index is 0.511. The Morgan fingerprint density at radius 1 is 1.00 bits per heavy atom. The first-order chi connectivity index (χ1) is 7.25. The molecular formula is C15H31N. The predicted octanol–water partition coefficient (Wildman–Crippen LogP) is 4.08. The lowest BCUT2D eigenvalue weighted by atomic mass is 9.96. The van der Waals surface area contributed by atoms with Crippen LogP contribution >= 0.6 is 0 Å². The van der Waals surface area contributed by atoms with E-state index < -0.39 is 0 Å². The van der Waals surface area contributed by atoms with E-state index in [0.717, 1.165) is 24.4 Å². The summed E-state index contributed by atoms with van der Waals surface area (Å²) < 4.78 is 0. The van der Waals surface area contributed by atoms with Gasteiger partial charge in [0.25, 0.3) is 0 Å². The lowest BCUT2D eigenvalue weighted by Gasteiger charge is -2.21. The van der Waals surface area contributed by atoms with E-state index in [2.05, 4.69) is 53.8 Å². The van der Waals surface area contributed by atoms with Crippen LogP contribution in [0.15, 0.2) is 0 Å². The fourth-order valence-corrected chi connectivity index (χ4v) is 3.42. The number of rotatable bonds is 6. The Balaban J connectivity index is 2.59. The zero-order chi connectivity index (χ0) is 12.6. The first-order valence-electron chi connectivity index (χ1n) is 6.98. The van der Waals surface area contributed by atoms with Crippen molar-refractivity contribution in [3.8, 4) is 0 Å². The minimum absolute atomic E-state index is 0.511. The second-order valence-electron chi connectivity index (χ2n) is 7.06. The third kappa shape index (κ3) is 2.45. The molecule has 0 bridgehead atoms. The van der Waals surface area contributed by atoms with Gasteiger partial charge in [-0.3, -0.25) is 0 Å². The van der Waals surface area contributed by atoms with Gasteiger partial charge in [-0.2, -0.15) is 0 Å². The van der Waals surface area contributed by atoms with Gasteiger partial charge in [0.05, 0.1) is 0 Å². The maximum atomic E-state index is 3.71. The lowest BCUT2D eigenvalue weighted by molar-refractivity contribution is 0.357. The van der Waals surface area contributed by atoms with Gasteiger partial charge in [-0.1, -0.05) is 48.5 Å². The molecule has 0 aliphatic heterocycles. The van der Waals surface area contributed by atoms with E-state index in [9.17, 15) is 0 Å². The van der Waals surface area contributed by atoms with Gasteiger partial charge in [0.1, 0.15) is 0 Å². The number of hydrogen-bond donors (Lipinski definition) is 1. The molecule has 0 amide bonds. The average Bonchev–Trinajstić information content (AvgIpc) is 2.52. The molecule has 0 spiro atoms. The second kappa shape index (κ2) is 4.68. The van der Waals surface area contributed by atoms with Gasteiger partial charge in [0.15, 0.2) is 0 Å². The van der Waals surface area contributed by atoms with Crippen molar-refractivity contribution in [1.29, 1.82) is 0 Å². The van der Waals surface area contributed by atoms with Crippen LogP contribution in [0.1, 0.15) is 61.3 Å². The van der Waals surface area contributed by atoms with Gasteiger partial charge in [-0.25, -0.2) is 0 Å². The SMILES string of the molecule is CCNC(CCC(C)C)C1C(C)(C)C1(C)C. The summed E-state index contributed by atoms with van der Waals surface area (Å²) in [5.41, 5.74) is 1.02. The molecule has 1 atom stereocenters. The van der Waals surface area contributed by atoms with Gasteiger partial charge in [0, 0.05) is 6.04 Å². The Bertz CT molecular complexity index is 214. The molecule has 0 aromatic heterocycles. The zero-order valence-corrected chi connectivity index (χ0v) is 12.4. The summed E-state index contributed by atoms with van der Waals surface area (Å²) in [6.07, 6.45) is 2.68. The van der Waals surface area contributed by atoms with Crippen LogP contribution in [0.4, 0.5) is 0 Å². The predicted molar refractivity (Wildman–Crippen MR) is 72.6 cm³/mol. The highest BCUT2D eigenvalue weighted by Crippen LogP contribution is 2.70. The molecule has 16 heavy (non-hydrogen) atoms. The highest BCUT2D eigenvalue weighted by atomic mass is 15.0. The van der Waals surface area contributed by atoms with E-state index in [0.29, 0.717) is 10.8 Å². The quantitative estimate of drug-likeness (QED) is 0.718. The second-order valence-corrected chi connectivity index (χ2v) is 7.06. The molecule has 1 nitrogen and oxygen atoms in total. The van der Waals surface area contributed by atoms with Crippen molar-refractivity contribution >= 4 is 0 Å². The van der Waals surface area contributed by atoms with Crippen molar-refractivity contribution < 1.29 is 0 Å². The third-order valence-electron chi connectivity index (χ3n) is 5.06. The topological polar surface area (TPSA) is 12.0 Å². The highest BCUT2D eigenvalue weighted by Gasteiger charge is 2.66. The third-order valence-corrected chi connectivity index (χ3v) is 5.06. The summed E-state index contributed by atoms with van der Waals surface area (Å²) in [5, 5.41) is 3.71. The Kier molecular flexibility index (Phi) is 4.10.